The number of fused-ring (bicyclic) bond motifs is 1. The topological polar surface area (TPSA) is 50.4 Å². The number of nitrogens with one attached hydrogen (secondary N) is 2. The van der Waals surface area contributed by atoms with Crippen LogP contribution in [0.2, 0.25) is 0 Å². The molecule has 1 aliphatic heterocycles. The maximum absolute atomic E-state index is 12.3. The van der Waals surface area contributed by atoms with E-state index in [1.54, 1.807) is 0 Å². The molecule has 1 unspecified atom stereocenters. The van der Waals surface area contributed by atoms with Crippen molar-refractivity contribution in [2.24, 2.45) is 0 Å². The summed E-state index contributed by atoms with van der Waals surface area (Å²) >= 11 is 0. The first-order valence-electron chi connectivity index (χ1n) is 6.60. The number of carbonyl (C=O) groups excluding carboxylic acids is 1. The highest BCUT2D eigenvalue weighted by molar-refractivity contribution is 5.95. The number of benzene rings is 2. The Morgan fingerprint density at radius 1 is 1.20 bits per heavy atom. The number of carbonyl (C=O) groups is 1. The molecule has 0 saturated heterocycles. The molecule has 1 heterocycles. The highest BCUT2D eigenvalue weighted by Crippen LogP contribution is 2.28. The van der Waals surface area contributed by atoms with Crippen molar-refractivity contribution in [3.8, 4) is 5.75 Å². The van der Waals surface area contributed by atoms with Crippen LogP contribution >= 0.6 is 0 Å². The van der Waals surface area contributed by atoms with Crippen molar-refractivity contribution in [1.82, 2.24) is 0 Å². The Morgan fingerprint density at radius 2 is 1.95 bits per heavy atom. The summed E-state index contributed by atoms with van der Waals surface area (Å²) < 4.78 is 5.73. The highest BCUT2D eigenvalue weighted by atomic mass is 16.5. The molecule has 0 fully saturated rings. The van der Waals surface area contributed by atoms with Gasteiger partial charge < -0.3 is 15.4 Å². The second-order valence-electron chi connectivity index (χ2n) is 4.79. The van der Waals surface area contributed by atoms with Crippen LogP contribution in [-0.4, -0.2) is 18.6 Å². The van der Waals surface area contributed by atoms with Crippen LogP contribution in [0, 0.1) is 6.92 Å². The molecule has 3 rings (SSSR count). The summed E-state index contributed by atoms with van der Waals surface area (Å²) in [5, 5.41) is 6.11. The van der Waals surface area contributed by atoms with E-state index < -0.39 is 6.10 Å². The SMILES string of the molecule is Cc1ccccc1NC(=O)C1CNc2ccccc2O1. The number of rotatable bonds is 2. The van der Waals surface area contributed by atoms with Gasteiger partial charge in [-0.25, -0.2) is 0 Å². The molecule has 0 bridgehead atoms. The third-order valence-corrected chi connectivity index (χ3v) is 3.33. The molecule has 0 radical (unpaired) electrons. The van der Waals surface area contributed by atoms with E-state index in [1.165, 1.54) is 0 Å². The summed E-state index contributed by atoms with van der Waals surface area (Å²) in [6.45, 7) is 2.43. The Bertz CT molecular complexity index is 640. The molecule has 4 heteroatoms. The zero-order valence-electron chi connectivity index (χ0n) is 11.2. The molecule has 0 saturated carbocycles. The zero-order chi connectivity index (χ0) is 13.9. The minimum absolute atomic E-state index is 0.138. The number of hydrogen-bond donors (Lipinski definition) is 2. The molecular formula is C16H16N2O2. The fraction of sp³-hybridized carbons (Fsp3) is 0.188. The van der Waals surface area contributed by atoms with Gasteiger partial charge in [-0.05, 0) is 30.7 Å². The maximum Gasteiger partial charge on any atom is 0.267 e. The van der Waals surface area contributed by atoms with Crippen LogP contribution in [0.5, 0.6) is 5.75 Å². The summed E-state index contributed by atoms with van der Waals surface area (Å²) in [5.74, 6) is 0.574. The lowest BCUT2D eigenvalue weighted by Gasteiger charge is -2.26. The van der Waals surface area contributed by atoms with E-state index in [0.717, 1.165) is 16.9 Å². The molecule has 1 amide bonds. The first-order valence-corrected chi connectivity index (χ1v) is 6.60. The molecule has 2 aromatic rings. The molecule has 2 aromatic carbocycles. The van der Waals surface area contributed by atoms with E-state index in [4.69, 9.17) is 4.74 Å². The van der Waals surface area contributed by atoms with Crippen molar-refractivity contribution in [2.45, 2.75) is 13.0 Å². The summed E-state index contributed by atoms with van der Waals surface area (Å²) in [7, 11) is 0. The third kappa shape index (κ3) is 2.45. The van der Waals surface area contributed by atoms with Crippen molar-refractivity contribution in [1.29, 1.82) is 0 Å². The van der Waals surface area contributed by atoms with Gasteiger partial charge in [0.1, 0.15) is 5.75 Å². The van der Waals surface area contributed by atoms with Gasteiger partial charge >= 0.3 is 0 Å². The molecule has 4 nitrogen and oxygen atoms in total. The van der Waals surface area contributed by atoms with Gasteiger partial charge in [0, 0.05) is 5.69 Å². The Balaban J connectivity index is 1.72. The molecule has 102 valence electrons. The Hall–Kier alpha value is -2.49. The van der Waals surface area contributed by atoms with Gasteiger partial charge in [-0.2, -0.15) is 0 Å². The second kappa shape index (κ2) is 5.25. The van der Waals surface area contributed by atoms with Crippen LogP contribution in [0.3, 0.4) is 0 Å². The number of ether oxygens (including phenoxy) is 1. The number of aryl methyl sites for hydroxylation is 1. The first-order chi connectivity index (χ1) is 9.74. The normalized spacial score (nSPS) is 16.6. The largest absolute Gasteiger partial charge is 0.477 e. The van der Waals surface area contributed by atoms with Crippen molar-refractivity contribution in [3.05, 3.63) is 54.1 Å². The van der Waals surface area contributed by atoms with Crippen LogP contribution in [-0.2, 0) is 4.79 Å². The van der Waals surface area contributed by atoms with Crippen molar-refractivity contribution in [3.63, 3.8) is 0 Å². The van der Waals surface area contributed by atoms with Crippen molar-refractivity contribution in [2.75, 3.05) is 17.2 Å². The summed E-state index contributed by atoms with van der Waals surface area (Å²) in [6.07, 6.45) is -0.524. The fourth-order valence-electron chi connectivity index (χ4n) is 2.19. The lowest BCUT2D eigenvalue weighted by Crippen LogP contribution is -2.41. The number of para-hydroxylation sites is 3. The highest BCUT2D eigenvalue weighted by Gasteiger charge is 2.25. The molecule has 0 spiro atoms. The van der Waals surface area contributed by atoms with Gasteiger partial charge in [0.15, 0.2) is 6.10 Å². The molecule has 20 heavy (non-hydrogen) atoms. The van der Waals surface area contributed by atoms with Crippen LogP contribution in [0.25, 0.3) is 0 Å². The smallest absolute Gasteiger partial charge is 0.267 e. The second-order valence-corrected chi connectivity index (χ2v) is 4.79. The van der Waals surface area contributed by atoms with Gasteiger partial charge in [0.25, 0.3) is 5.91 Å². The Kier molecular flexibility index (Phi) is 3.29. The predicted octanol–water partition coefficient (Wildman–Crippen LogP) is 2.81. The van der Waals surface area contributed by atoms with Gasteiger partial charge in [-0.3, -0.25) is 4.79 Å². The standard InChI is InChI=1S/C16H16N2O2/c1-11-6-2-3-7-12(11)18-16(19)15-10-17-13-8-4-5-9-14(13)20-15/h2-9,15,17H,10H2,1H3,(H,18,19). The number of hydrogen-bond acceptors (Lipinski definition) is 3. The quantitative estimate of drug-likeness (QED) is 0.880. The molecule has 2 N–H and O–H groups in total. The molecule has 0 aromatic heterocycles. The molecule has 1 aliphatic rings. The molecule has 1 atom stereocenters. The maximum atomic E-state index is 12.3. The van der Waals surface area contributed by atoms with E-state index in [1.807, 2.05) is 55.5 Å². The monoisotopic (exact) mass is 268 g/mol. The van der Waals surface area contributed by atoms with Crippen LogP contribution in [0.15, 0.2) is 48.5 Å². The lowest BCUT2D eigenvalue weighted by molar-refractivity contribution is -0.122. The van der Waals surface area contributed by atoms with Gasteiger partial charge in [-0.15, -0.1) is 0 Å². The molecular weight excluding hydrogens is 252 g/mol. The summed E-state index contributed by atoms with van der Waals surface area (Å²) in [4.78, 5) is 12.3. The van der Waals surface area contributed by atoms with E-state index >= 15 is 0 Å². The average molecular weight is 268 g/mol. The van der Waals surface area contributed by atoms with Crippen molar-refractivity contribution >= 4 is 17.3 Å². The fourth-order valence-corrected chi connectivity index (χ4v) is 2.19. The van der Waals surface area contributed by atoms with Gasteiger partial charge in [0.2, 0.25) is 0 Å². The van der Waals surface area contributed by atoms with E-state index in [0.29, 0.717) is 12.3 Å². The lowest BCUT2D eigenvalue weighted by atomic mass is 10.2. The Morgan fingerprint density at radius 3 is 2.80 bits per heavy atom. The van der Waals surface area contributed by atoms with Crippen LogP contribution in [0.1, 0.15) is 5.56 Å². The number of amides is 1. The van der Waals surface area contributed by atoms with E-state index in [-0.39, 0.29) is 5.91 Å². The minimum atomic E-state index is -0.524. The van der Waals surface area contributed by atoms with Gasteiger partial charge in [-0.1, -0.05) is 30.3 Å². The number of anilines is 2. The minimum Gasteiger partial charge on any atom is -0.477 e. The molecule has 0 aliphatic carbocycles. The Labute approximate surface area is 117 Å². The van der Waals surface area contributed by atoms with Crippen molar-refractivity contribution < 1.29 is 9.53 Å². The predicted molar refractivity (Wildman–Crippen MR) is 79.2 cm³/mol. The van der Waals surface area contributed by atoms with Crippen LogP contribution < -0.4 is 15.4 Å². The van der Waals surface area contributed by atoms with E-state index in [2.05, 4.69) is 10.6 Å². The first kappa shape index (κ1) is 12.5. The summed E-state index contributed by atoms with van der Waals surface area (Å²) in [6, 6.07) is 15.3. The average Bonchev–Trinajstić information content (AvgIpc) is 2.49. The van der Waals surface area contributed by atoms with E-state index in [9.17, 15) is 4.79 Å². The zero-order valence-corrected chi connectivity index (χ0v) is 11.2. The third-order valence-electron chi connectivity index (χ3n) is 3.33. The van der Waals surface area contributed by atoms with Crippen LogP contribution in [0.4, 0.5) is 11.4 Å². The summed E-state index contributed by atoms with van der Waals surface area (Å²) in [5.41, 5.74) is 2.78. The van der Waals surface area contributed by atoms with Gasteiger partial charge in [0.05, 0.1) is 12.2 Å².